The van der Waals surface area contributed by atoms with Crippen molar-refractivity contribution in [1.29, 1.82) is 0 Å². The number of hydrogen-bond donors (Lipinski definition) is 3. The molecule has 3 unspecified atom stereocenters. The number of thiophene rings is 1. The van der Waals surface area contributed by atoms with Gasteiger partial charge in [-0.3, -0.25) is 9.78 Å². The van der Waals surface area contributed by atoms with Gasteiger partial charge in [0.1, 0.15) is 5.56 Å². The Balaban J connectivity index is 1.76. The molecule has 0 saturated heterocycles. The first kappa shape index (κ1) is 19.8. The fourth-order valence-corrected chi connectivity index (χ4v) is 7.12. The van der Waals surface area contributed by atoms with E-state index in [9.17, 15) is 9.59 Å². The summed E-state index contributed by atoms with van der Waals surface area (Å²) in [6, 6.07) is 2.15. The van der Waals surface area contributed by atoms with Crippen LogP contribution in [-0.2, 0) is 23.0 Å². The van der Waals surface area contributed by atoms with Crippen LogP contribution in [0.15, 0.2) is 21.5 Å². The number of fused-ring (bicyclic) bond motifs is 2. The first-order valence-corrected chi connectivity index (χ1v) is 11.4. The Bertz CT molecular complexity index is 1160. The molecule has 0 spiro atoms. The van der Waals surface area contributed by atoms with Crippen LogP contribution in [0.4, 0.5) is 4.39 Å². The van der Waals surface area contributed by atoms with Crippen molar-refractivity contribution in [3.8, 4) is 0 Å². The summed E-state index contributed by atoms with van der Waals surface area (Å²) in [6.45, 7) is 2.58. The van der Waals surface area contributed by atoms with Crippen molar-refractivity contribution in [1.82, 2.24) is 9.97 Å². The Kier molecular flexibility index (Phi) is 4.56. The summed E-state index contributed by atoms with van der Waals surface area (Å²) in [5.74, 6) is -0.262. The number of hydrogen-bond acceptors (Lipinski definition) is 5. The summed E-state index contributed by atoms with van der Waals surface area (Å²) in [7, 11) is 1.38. The molecular weight excluding hydrogens is 405 g/mol. The van der Waals surface area contributed by atoms with E-state index >= 15 is 4.39 Å². The SMILES string of the molecule is COC1=C(F)C(c2cc3c(s2)CCC(CN)C3)(C2CC2)C(C)c2[nH]c(=O)[nH]c(=O)c21. The number of rotatable bonds is 4. The van der Waals surface area contributed by atoms with Gasteiger partial charge in [0.15, 0.2) is 11.6 Å². The predicted octanol–water partition coefficient (Wildman–Crippen LogP) is 2.94. The van der Waals surface area contributed by atoms with Crippen LogP contribution in [0.3, 0.4) is 0 Å². The molecule has 5 rings (SSSR count). The molecule has 8 heteroatoms. The van der Waals surface area contributed by atoms with Gasteiger partial charge in [-0.15, -0.1) is 11.3 Å². The first-order valence-electron chi connectivity index (χ1n) is 10.5. The number of nitrogens with one attached hydrogen (secondary N) is 2. The average molecular weight is 432 g/mol. The molecule has 0 bridgehead atoms. The third kappa shape index (κ3) is 2.62. The van der Waals surface area contributed by atoms with Gasteiger partial charge in [0, 0.05) is 21.4 Å². The summed E-state index contributed by atoms with van der Waals surface area (Å²) in [6.07, 6.45) is 4.76. The molecule has 2 heterocycles. The van der Waals surface area contributed by atoms with E-state index in [1.165, 1.54) is 17.6 Å². The van der Waals surface area contributed by atoms with Crippen LogP contribution in [0.2, 0.25) is 0 Å². The van der Waals surface area contributed by atoms with Gasteiger partial charge >= 0.3 is 5.69 Å². The van der Waals surface area contributed by atoms with E-state index in [-0.39, 0.29) is 29.0 Å². The lowest BCUT2D eigenvalue weighted by molar-refractivity contribution is 0.265. The maximum Gasteiger partial charge on any atom is 0.325 e. The minimum Gasteiger partial charge on any atom is -0.493 e. The lowest BCUT2D eigenvalue weighted by atomic mass is 9.64. The van der Waals surface area contributed by atoms with E-state index in [0.29, 0.717) is 18.2 Å². The highest BCUT2D eigenvalue weighted by Gasteiger charge is 2.59. The van der Waals surface area contributed by atoms with Gasteiger partial charge < -0.3 is 15.5 Å². The molecule has 1 fully saturated rings. The molecule has 0 aliphatic heterocycles. The molecule has 6 nitrogen and oxygen atoms in total. The molecule has 160 valence electrons. The fourth-order valence-electron chi connectivity index (χ4n) is 5.56. The first-order chi connectivity index (χ1) is 14.4. The van der Waals surface area contributed by atoms with Crippen LogP contribution in [-0.4, -0.2) is 23.6 Å². The molecule has 4 N–H and O–H groups in total. The third-order valence-corrected chi connectivity index (χ3v) is 8.62. The van der Waals surface area contributed by atoms with Gasteiger partial charge in [-0.05, 0) is 62.1 Å². The van der Waals surface area contributed by atoms with Crippen molar-refractivity contribution in [2.45, 2.75) is 50.4 Å². The highest BCUT2D eigenvalue weighted by atomic mass is 32.1. The second-order valence-corrected chi connectivity index (χ2v) is 9.95. The quantitative estimate of drug-likeness (QED) is 0.693. The Morgan fingerprint density at radius 2 is 2.07 bits per heavy atom. The van der Waals surface area contributed by atoms with Crippen molar-refractivity contribution in [3.63, 3.8) is 0 Å². The third-order valence-electron chi connectivity index (χ3n) is 7.23. The number of H-pyrrole nitrogens is 2. The molecule has 30 heavy (non-hydrogen) atoms. The second-order valence-electron chi connectivity index (χ2n) is 8.81. The highest BCUT2D eigenvalue weighted by Crippen LogP contribution is 2.63. The average Bonchev–Trinajstić information content (AvgIpc) is 3.48. The minimum absolute atomic E-state index is 0.0568. The monoisotopic (exact) mass is 431 g/mol. The van der Waals surface area contributed by atoms with Gasteiger partial charge in [-0.1, -0.05) is 6.92 Å². The smallest absolute Gasteiger partial charge is 0.325 e. The Morgan fingerprint density at radius 1 is 1.30 bits per heavy atom. The number of halogens is 1. The lowest BCUT2D eigenvalue weighted by Crippen LogP contribution is -2.43. The normalized spacial score (nSPS) is 28.3. The number of aromatic amines is 2. The lowest BCUT2D eigenvalue weighted by Gasteiger charge is -2.41. The molecule has 3 aliphatic carbocycles. The maximum atomic E-state index is 16.4. The molecule has 2 aromatic heterocycles. The minimum atomic E-state index is -0.921. The summed E-state index contributed by atoms with van der Waals surface area (Å²) >= 11 is 1.68. The molecule has 0 aromatic carbocycles. The number of methoxy groups -OCH3 is 1. The van der Waals surface area contributed by atoms with Crippen molar-refractivity contribution < 1.29 is 9.13 Å². The van der Waals surface area contributed by atoms with E-state index in [4.69, 9.17) is 10.5 Å². The standard InChI is InChI=1S/C22H26FN3O3S/c1-10-17-16(20(27)26-21(28)25-17)18(29-2)19(23)22(10,13-4-5-13)15-8-12-7-11(9-24)3-6-14(12)30-15/h8,10-11,13H,3-7,9,24H2,1-2H3,(H2,25,26,27,28). The second kappa shape index (κ2) is 6.92. The van der Waals surface area contributed by atoms with Crippen LogP contribution in [0.1, 0.15) is 58.7 Å². The van der Waals surface area contributed by atoms with Gasteiger partial charge in [-0.2, -0.15) is 0 Å². The van der Waals surface area contributed by atoms with Crippen LogP contribution in [0, 0.1) is 11.8 Å². The van der Waals surface area contributed by atoms with Gasteiger partial charge in [0.05, 0.1) is 12.5 Å². The van der Waals surface area contributed by atoms with Gasteiger partial charge in [0.25, 0.3) is 5.56 Å². The van der Waals surface area contributed by atoms with Crippen LogP contribution in [0.25, 0.3) is 5.76 Å². The maximum absolute atomic E-state index is 16.4. The van der Waals surface area contributed by atoms with Crippen molar-refractivity contribution in [2.24, 2.45) is 17.6 Å². The highest BCUT2D eigenvalue weighted by molar-refractivity contribution is 7.12. The van der Waals surface area contributed by atoms with Crippen LogP contribution >= 0.6 is 11.3 Å². The zero-order chi connectivity index (χ0) is 21.2. The predicted molar refractivity (Wildman–Crippen MR) is 114 cm³/mol. The summed E-state index contributed by atoms with van der Waals surface area (Å²) in [5, 5.41) is 0. The Hall–Kier alpha value is -2.19. The zero-order valence-electron chi connectivity index (χ0n) is 17.1. The number of ether oxygens (including phenoxy) is 1. The number of nitrogens with two attached hydrogens (primary N) is 1. The van der Waals surface area contributed by atoms with Crippen molar-refractivity contribution >= 4 is 17.1 Å². The molecule has 3 aliphatic rings. The summed E-state index contributed by atoms with van der Waals surface area (Å²) < 4.78 is 21.8. The summed E-state index contributed by atoms with van der Waals surface area (Å²) in [4.78, 5) is 31.9. The number of allylic oxidation sites excluding steroid dienone is 1. The largest absolute Gasteiger partial charge is 0.493 e. The zero-order valence-corrected chi connectivity index (χ0v) is 18.0. The number of aromatic nitrogens is 2. The van der Waals surface area contributed by atoms with E-state index in [1.54, 1.807) is 11.3 Å². The molecule has 2 aromatic rings. The Labute approximate surface area is 177 Å². The summed E-state index contributed by atoms with van der Waals surface area (Å²) in [5.41, 5.74) is 5.61. The topological polar surface area (TPSA) is 101 Å². The van der Waals surface area contributed by atoms with E-state index < -0.39 is 16.7 Å². The van der Waals surface area contributed by atoms with Gasteiger partial charge in [0.2, 0.25) is 0 Å². The van der Waals surface area contributed by atoms with Crippen molar-refractivity contribution in [2.75, 3.05) is 13.7 Å². The molecule has 0 radical (unpaired) electrons. The van der Waals surface area contributed by atoms with Crippen molar-refractivity contribution in [3.05, 3.63) is 59.3 Å². The molecule has 1 saturated carbocycles. The van der Waals surface area contributed by atoms with E-state index in [1.807, 2.05) is 6.92 Å². The Morgan fingerprint density at radius 3 is 2.73 bits per heavy atom. The number of aryl methyl sites for hydroxylation is 1. The fraction of sp³-hybridized carbons (Fsp3) is 0.545. The van der Waals surface area contributed by atoms with Crippen LogP contribution in [0.5, 0.6) is 0 Å². The molecule has 3 atom stereocenters. The molecule has 0 amide bonds. The van der Waals surface area contributed by atoms with Crippen LogP contribution < -0.4 is 17.0 Å². The van der Waals surface area contributed by atoms with Gasteiger partial charge in [-0.25, -0.2) is 9.18 Å². The molecular formula is C22H26FN3O3S. The van der Waals surface area contributed by atoms with E-state index in [0.717, 1.165) is 37.0 Å². The van der Waals surface area contributed by atoms with E-state index in [2.05, 4.69) is 16.0 Å².